The van der Waals surface area contributed by atoms with Crippen LogP contribution < -0.4 is 16.4 Å². The number of rotatable bonds is 8. The van der Waals surface area contributed by atoms with Crippen molar-refractivity contribution in [3.8, 4) is 0 Å². The Balaban J connectivity index is 3.44. The Morgan fingerprint density at radius 3 is 2.60 bits per heavy atom. The first kappa shape index (κ1) is 13.9. The predicted molar refractivity (Wildman–Crippen MR) is 59.2 cm³/mol. The second kappa shape index (κ2) is 8.23. The van der Waals surface area contributed by atoms with Crippen molar-refractivity contribution in [3.05, 3.63) is 0 Å². The lowest BCUT2D eigenvalue weighted by Crippen LogP contribution is -2.39. The van der Waals surface area contributed by atoms with E-state index in [-0.39, 0.29) is 30.8 Å². The maximum absolute atomic E-state index is 11.3. The summed E-state index contributed by atoms with van der Waals surface area (Å²) >= 11 is 0. The highest BCUT2D eigenvalue weighted by atomic mass is 16.2. The first-order valence-electron chi connectivity index (χ1n) is 5.34. The van der Waals surface area contributed by atoms with Gasteiger partial charge in [0.2, 0.25) is 11.8 Å². The molecular formula is C10H21N3O2. The highest BCUT2D eigenvalue weighted by molar-refractivity contribution is 5.78. The summed E-state index contributed by atoms with van der Waals surface area (Å²) in [5.41, 5.74) is 4.95. The Morgan fingerprint density at radius 1 is 1.40 bits per heavy atom. The van der Waals surface area contributed by atoms with Gasteiger partial charge in [-0.1, -0.05) is 13.3 Å². The summed E-state index contributed by atoms with van der Waals surface area (Å²) in [5.74, 6) is -0.400. The van der Waals surface area contributed by atoms with Crippen LogP contribution >= 0.6 is 0 Å². The van der Waals surface area contributed by atoms with E-state index in [0.29, 0.717) is 6.54 Å². The van der Waals surface area contributed by atoms with E-state index in [1.165, 1.54) is 0 Å². The third kappa shape index (κ3) is 9.21. The van der Waals surface area contributed by atoms with Crippen molar-refractivity contribution >= 4 is 11.8 Å². The highest BCUT2D eigenvalue weighted by Gasteiger charge is 2.05. The van der Waals surface area contributed by atoms with Crippen molar-refractivity contribution in [2.45, 2.75) is 39.2 Å². The van der Waals surface area contributed by atoms with E-state index in [9.17, 15) is 9.59 Å². The summed E-state index contributed by atoms with van der Waals surface area (Å²) in [6.07, 6.45) is 2.29. The molecule has 0 aliphatic rings. The fourth-order valence-corrected chi connectivity index (χ4v) is 1.24. The molecule has 5 nitrogen and oxygen atoms in total. The third-order valence-corrected chi connectivity index (χ3v) is 1.96. The normalized spacial score (nSPS) is 12.1. The van der Waals surface area contributed by atoms with Crippen molar-refractivity contribution in [1.82, 2.24) is 10.6 Å². The van der Waals surface area contributed by atoms with E-state index in [1.807, 2.05) is 6.92 Å². The summed E-state index contributed by atoms with van der Waals surface area (Å²) in [7, 11) is 0. The van der Waals surface area contributed by atoms with Crippen molar-refractivity contribution in [2.75, 3.05) is 13.1 Å². The van der Waals surface area contributed by atoms with Crippen LogP contribution in [-0.2, 0) is 9.59 Å². The van der Waals surface area contributed by atoms with Crippen molar-refractivity contribution in [2.24, 2.45) is 5.73 Å². The molecule has 0 aromatic heterocycles. The van der Waals surface area contributed by atoms with E-state index < -0.39 is 0 Å². The van der Waals surface area contributed by atoms with Gasteiger partial charge in [-0.3, -0.25) is 9.59 Å². The van der Waals surface area contributed by atoms with Crippen LogP contribution in [0.5, 0.6) is 0 Å². The third-order valence-electron chi connectivity index (χ3n) is 1.96. The van der Waals surface area contributed by atoms with E-state index in [0.717, 1.165) is 12.8 Å². The van der Waals surface area contributed by atoms with Crippen LogP contribution in [0.15, 0.2) is 0 Å². The summed E-state index contributed by atoms with van der Waals surface area (Å²) < 4.78 is 0. The van der Waals surface area contributed by atoms with Crippen LogP contribution in [0.3, 0.4) is 0 Å². The maximum Gasteiger partial charge on any atom is 0.234 e. The van der Waals surface area contributed by atoms with Gasteiger partial charge in [-0.15, -0.1) is 0 Å². The lowest BCUT2D eigenvalue weighted by atomic mass is 10.2. The first-order valence-corrected chi connectivity index (χ1v) is 5.34. The summed E-state index contributed by atoms with van der Waals surface area (Å²) in [6, 6.07) is 0.209. The summed E-state index contributed by atoms with van der Waals surface area (Å²) in [5, 5.41) is 5.70. The molecule has 0 aliphatic carbocycles. The fourth-order valence-electron chi connectivity index (χ4n) is 1.24. The molecule has 0 aliphatic heterocycles. The number of primary amides is 1. The molecule has 0 radical (unpaired) electrons. The van der Waals surface area contributed by atoms with Gasteiger partial charge < -0.3 is 16.4 Å². The molecule has 5 heteroatoms. The Hall–Kier alpha value is -1.10. The minimum absolute atomic E-state index is 0.0413. The Kier molecular flexibility index (Phi) is 7.62. The van der Waals surface area contributed by atoms with Gasteiger partial charge in [0.1, 0.15) is 0 Å². The predicted octanol–water partition coefficient (Wildman–Crippen LogP) is -0.244. The van der Waals surface area contributed by atoms with Crippen LogP contribution in [0.4, 0.5) is 0 Å². The molecule has 0 spiro atoms. The van der Waals surface area contributed by atoms with Gasteiger partial charge >= 0.3 is 0 Å². The number of carbonyl (C=O) groups excluding carboxylic acids is 2. The second-order valence-electron chi connectivity index (χ2n) is 3.65. The average molecular weight is 215 g/mol. The molecule has 4 N–H and O–H groups in total. The van der Waals surface area contributed by atoms with E-state index >= 15 is 0 Å². The SMILES string of the molecule is CCCC(C)NC(=O)CNCCC(N)=O. The Bertz CT molecular complexity index is 207. The van der Waals surface area contributed by atoms with E-state index in [4.69, 9.17) is 5.73 Å². The highest BCUT2D eigenvalue weighted by Crippen LogP contribution is 1.93. The zero-order chi connectivity index (χ0) is 11.7. The monoisotopic (exact) mass is 215 g/mol. The van der Waals surface area contributed by atoms with E-state index in [1.54, 1.807) is 0 Å². The fraction of sp³-hybridized carbons (Fsp3) is 0.800. The van der Waals surface area contributed by atoms with Crippen LogP contribution in [0.25, 0.3) is 0 Å². The molecule has 0 rings (SSSR count). The van der Waals surface area contributed by atoms with Gasteiger partial charge in [0, 0.05) is 19.0 Å². The number of hydrogen-bond donors (Lipinski definition) is 3. The molecule has 0 fully saturated rings. The van der Waals surface area contributed by atoms with Crippen LogP contribution in [0.2, 0.25) is 0 Å². The van der Waals surface area contributed by atoms with Crippen LogP contribution in [0.1, 0.15) is 33.1 Å². The maximum atomic E-state index is 11.3. The van der Waals surface area contributed by atoms with Crippen molar-refractivity contribution in [1.29, 1.82) is 0 Å². The zero-order valence-corrected chi connectivity index (χ0v) is 9.51. The quantitative estimate of drug-likeness (QED) is 0.488. The van der Waals surface area contributed by atoms with Gasteiger partial charge in [0.05, 0.1) is 6.54 Å². The molecule has 0 saturated carbocycles. The molecule has 0 saturated heterocycles. The Morgan fingerprint density at radius 2 is 2.07 bits per heavy atom. The van der Waals surface area contributed by atoms with E-state index in [2.05, 4.69) is 17.6 Å². The number of nitrogens with two attached hydrogens (primary N) is 1. The second-order valence-corrected chi connectivity index (χ2v) is 3.65. The van der Waals surface area contributed by atoms with Gasteiger partial charge in [-0.05, 0) is 13.3 Å². The molecule has 0 heterocycles. The minimum Gasteiger partial charge on any atom is -0.370 e. The minimum atomic E-state index is -0.359. The van der Waals surface area contributed by atoms with Gasteiger partial charge in [-0.25, -0.2) is 0 Å². The van der Waals surface area contributed by atoms with Crippen molar-refractivity contribution < 1.29 is 9.59 Å². The largest absolute Gasteiger partial charge is 0.370 e. The molecular weight excluding hydrogens is 194 g/mol. The lowest BCUT2D eigenvalue weighted by molar-refractivity contribution is -0.121. The standard InChI is InChI=1S/C10H21N3O2/c1-3-4-8(2)13-10(15)7-12-6-5-9(11)14/h8,12H,3-7H2,1-2H3,(H2,11,14)(H,13,15). The molecule has 88 valence electrons. The van der Waals surface area contributed by atoms with Crippen LogP contribution in [0, 0.1) is 0 Å². The summed E-state index contributed by atoms with van der Waals surface area (Å²) in [4.78, 5) is 21.7. The smallest absolute Gasteiger partial charge is 0.234 e. The zero-order valence-electron chi connectivity index (χ0n) is 9.51. The topological polar surface area (TPSA) is 84.2 Å². The molecule has 1 atom stereocenters. The number of nitrogens with one attached hydrogen (secondary N) is 2. The van der Waals surface area contributed by atoms with Crippen LogP contribution in [-0.4, -0.2) is 30.9 Å². The Labute approximate surface area is 90.8 Å². The van der Waals surface area contributed by atoms with Gasteiger partial charge in [0.15, 0.2) is 0 Å². The number of hydrogen-bond acceptors (Lipinski definition) is 3. The molecule has 0 bridgehead atoms. The molecule has 0 aromatic carbocycles. The number of amides is 2. The average Bonchev–Trinajstić information content (AvgIpc) is 2.12. The van der Waals surface area contributed by atoms with Crippen molar-refractivity contribution in [3.63, 3.8) is 0 Å². The number of carbonyl (C=O) groups is 2. The van der Waals surface area contributed by atoms with Gasteiger partial charge in [0.25, 0.3) is 0 Å². The lowest BCUT2D eigenvalue weighted by Gasteiger charge is -2.12. The molecule has 2 amide bonds. The molecule has 15 heavy (non-hydrogen) atoms. The van der Waals surface area contributed by atoms with Gasteiger partial charge in [-0.2, -0.15) is 0 Å². The molecule has 1 unspecified atom stereocenters. The summed E-state index contributed by atoms with van der Waals surface area (Å²) in [6.45, 7) is 4.74. The molecule has 0 aromatic rings. The first-order chi connectivity index (χ1) is 7.06.